The molecule has 0 aromatic heterocycles. The Balaban J connectivity index is 2.76. The van der Waals surface area contributed by atoms with Gasteiger partial charge in [0.15, 0.2) is 9.84 Å². The maximum atomic E-state index is 11.9. The van der Waals surface area contributed by atoms with E-state index in [1.165, 1.54) is 38.3 Å². The average Bonchev–Trinajstić information content (AvgIpc) is 2.37. The first-order valence-electron chi connectivity index (χ1n) is 5.77. The van der Waals surface area contributed by atoms with E-state index in [2.05, 4.69) is 4.74 Å². The highest BCUT2D eigenvalue weighted by atomic mass is 32.2. The molecular formula is C12H15NO6S. The van der Waals surface area contributed by atoms with Crippen LogP contribution in [0.4, 0.5) is 5.69 Å². The molecule has 0 spiro atoms. The number of sulfone groups is 1. The van der Waals surface area contributed by atoms with E-state index in [-0.39, 0.29) is 17.2 Å². The minimum atomic E-state index is -3.49. The summed E-state index contributed by atoms with van der Waals surface area (Å²) in [7, 11) is -2.30. The van der Waals surface area contributed by atoms with E-state index in [0.29, 0.717) is 5.56 Å². The lowest BCUT2D eigenvalue weighted by atomic mass is 10.2. The van der Waals surface area contributed by atoms with Crippen molar-refractivity contribution in [3.05, 3.63) is 39.9 Å². The second-order valence-corrected chi connectivity index (χ2v) is 6.51. The molecule has 0 aliphatic carbocycles. The second-order valence-electron chi connectivity index (χ2n) is 4.40. The standard InChI is InChI=1S/C12H15NO6S/c1-9(12(14)19-2)7-20(17,18)8-10-3-5-11(6-4-10)13(15)16/h3-6,9H,7-8H2,1-2H3. The molecule has 0 saturated carbocycles. The number of hydrogen-bond acceptors (Lipinski definition) is 6. The number of benzene rings is 1. The molecule has 1 aromatic rings. The van der Waals surface area contributed by atoms with Crippen LogP contribution in [0.25, 0.3) is 0 Å². The van der Waals surface area contributed by atoms with E-state index in [0.717, 1.165) is 0 Å². The van der Waals surface area contributed by atoms with E-state index in [1.807, 2.05) is 0 Å². The van der Waals surface area contributed by atoms with E-state index in [1.54, 1.807) is 0 Å². The van der Waals surface area contributed by atoms with Crippen LogP contribution in [0.1, 0.15) is 12.5 Å². The highest BCUT2D eigenvalue weighted by Crippen LogP contribution is 2.15. The first-order chi connectivity index (χ1) is 9.25. The van der Waals surface area contributed by atoms with Crippen LogP contribution in [-0.2, 0) is 25.1 Å². The number of ether oxygens (including phenoxy) is 1. The number of carbonyl (C=O) groups excluding carboxylic acids is 1. The molecule has 0 aliphatic heterocycles. The molecule has 0 heterocycles. The van der Waals surface area contributed by atoms with Crippen LogP contribution < -0.4 is 0 Å². The number of carbonyl (C=O) groups is 1. The van der Waals surface area contributed by atoms with Crippen LogP contribution in [0.15, 0.2) is 24.3 Å². The Morgan fingerprint density at radius 1 is 1.35 bits per heavy atom. The van der Waals surface area contributed by atoms with Gasteiger partial charge in [-0.25, -0.2) is 8.42 Å². The van der Waals surface area contributed by atoms with Crippen LogP contribution in [0, 0.1) is 16.0 Å². The summed E-state index contributed by atoms with van der Waals surface area (Å²) in [5, 5.41) is 10.5. The fourth-order valence-corrected chi connectivity index (χ4v) is 3.39. The van der Waals surface area contributed by atoms with Crippen LogP contribution in [-0.4, -0.2) is 32.2 Å². The fraction of sp³-hybridized carbons (Fsp3) is 0.417. The Morgan fingerprint density at radius 2 is 1.90 bits per heavy atom. The van der Waals surface area contributed by atoms with Crippen molar-refractivity contribution < 1.29 is 22.9 Å². The quantitative estimate of drug-likeness (QED) is 0.446. The molecule has 110 valence electrons. The van der Waals surface area contributed by atoms with Crippen LogP contribution in [0.3, 0.4) is 0 Å². The summed E-state index contributed by atoms with van der Waals surface area (Å²) in [6.07, 6.45) is 0. The van der Waals surface area contributed by atoms with Gasteiger partial charge in [-0.2, -0.15) is 0 Å². The van der Waals surface area contributed by atoms with Crippen LogP contribution >= 0.6 is 0 Å². The average molecular weight is 301 g/mol. The maximum absolute atomic E-state index is 11.9. The largest absolute Gasteiger partial charge is 0.469 e. The van der Waals surface area contributed by atoms with Crippen LogP contribution in [0.5, 0.6) is 0 Å². The smallest absolute Gasteiger partial charge is 0.309 e. The van der Waals surface area contributed by atoms with Crippen molar-refractivity contribution in [1.29, 1.82) is 0 Å². The Hall–Kier alpha value is -1.96. The number of nitrogens with zero attached hydrogens (tertiary/aromatic N) is 1. The second kappa shape index (κ2) is 6.47. The van der Waals surface area contributed by atoms with E-state index >= 15 is 0 Å². The number of rotatable bonds is 6. The maximum Gasteiger partial charge on any atom is 0.309 e. The zero-order valence-corrected chi connectivity index (χ0v) is 11.9. The summed E-state index contributed by atoms with van der Waals surface area (Å²) in [6, 6.07) is 5.26. The van der Waals surface area contributed by atoms with Crippen molar-refractivity contribution in [3.8, 4) is 0 Å². The fourth-order valence-electron chi connectivity index (χ4n) is 1.68. The number of esters is 1. The normalized spacial score (nSPS) is 12.7. The zero-order chi connectivity index (χ0) is 15.3. The minimum absolute atomic E-state index is 0.103. The van der Waals surface area contributed by atoms with E-state index in [9.17, 15) is 23.3 Å². The molecule has 20 heavy (non-hydrogen) atoms. The van der Waals surface area contributed by atoms with Crippen molar-refractivity contribution in [2.24, 2.45) is 5.92 Å². The van der Waals surface area contributed by atoms with E-state index < -0.39 is 26.6 Å². The first kappa shape index (κ1) is 16.1. The number of non-ortho nitro benzene ring substituents is 1. The molecule has 0 bridgehead atoms. The molecule has 8 heteroatoms. The zero-order valence-electron chi connectivity index (χ0n) is 11.1. The van der Waals surface area contributed by atoms with Gasteiger partial charge in [0.1, 0.15) is 0 Å². The molecule has 0 aliphatic rings. The summed E-state index contributed by atoms with van der Waals surface area (Å²) in [5.41, 5.74) is 0.335. The van der Waals surface area contributed by atoms with Gasteiger partial charge in [0.2, 0.25) is 0 Å². The molecule has 0 amide bonds. The summed E-state index contributed by atoms with van der Waals surface area (Å²) in [5.74, 6) is -1.93. The third-order valence-electron chi connectivity index (χ3n) is 2.64. The van der Waals surface area contributed by atoms with Gasteiger partial charge in [-0.15, -0.1) is 0 Å². The summed E-state index contributed by atoms with van der Waals surface area (Å²) in [4.78, 5) is 21.1. The van der Waals surface area contributed by atoms with Gasteiger partial charge >= 0.3 is 5.97 Å². The third-order valence-corrected chi connectivity index (χ3v) is 4.42. The molecule has 0 fully saturated rings. The van der Waals surface area contributed by atoms with Gasteiger partial charge in [0.25, 0.3) is 5.69 Å². The van der Waals surface area contributed by atoms with Crippen molar-refractivity contribution in [2.75, 3.05) is 12.9 Å². The molecule has 1 rings (SSSR count). The number of methoxy groups -OCH3 is 1. The first-order valence-corrected chi connectivity index (χ1v) is 7.59. The highest BCUT2D eigenvalue weighted by Gasteiger charge is 2.22. The molecule has 7 nitrogen and oxygen atoms in total. The molecular weight excluding hydrogens is 286 g/mol. The lowest BCUT2D eigenvalue weighted by Crippen LogP contribution is -2.23. The van der Waals surface area contributed by atoms with Crippen molar-refractivity contribution in [3.63, 3.8) is 0 Å². The molecule has 0 saturated heterocycles. The third kappa shape index (κ3) is 4.61. The van der Waals surface area contributed by atoms with Gasteiger partial charge in [-0.1, -0.05) is 19.1 Å². The van der Waals surface area contributed by atoms with Gasteiger partial charge < -0.3 is 4.74 Å². The van der Waals surface area contributed by atoms with Crippen molar-refractivity contribution in [2.45, 2.75) is 12.7 Å². The lowest BCUT2D eigenvalue weighted by molar-refractivity contribution is -0.384. The predicted molar refractivity (Wildman–Crippen MR) is 71.8 cm³/mol. The predicted octanol–water partition coefficient (Wildman–Crippen LogP) is 1.32. The Labute approximate surface area is 116 Å². The van der Waals surface area contributed by atoms with E-state index in [4.69, 9.17) is 0 Å². The van der Waals surface area contributed by atoms with Crippen molar-refractivity contribution >= 4 is 21.5 Å². The SMILES string of the molecule is COC(=O)C(C)CS(=O)(=O)Cc1ccc([N+](=O)[O-])cc1. The topological polar surface area (TPSA) is 104 Å². The highest BCUT2D eigenvalue weighted by molar-refractivity contribution is 7.90. The van der Waals surface area contributed by atoms with Gasteiger partial charge in [-0.05, 0) is 5.56 Å². The molecule has 0 radical (unpaired) electrons. The molecule has 1 aromatic carbocycles. The monoisotopic (exact) mass is 301 g/mol. The van der Waals surface area contributed by atoms with Gasteiger partial charge in [0.05, 0.1) is 29.5 Å². The summed E-state index contributed by atoms with van der Waals surface area (Å²) >= 11 is 0. The Kier molecular flexibility index (Phi) is 5.20. The molecule has 1 atom stereocenters. The Morgan fingerprint density at radius 3 is 2.35 bits per heavy atom. The van der Waals surface area contributed by atoms with Crippen LogP contribution in [0.2, 0.25) is 0 Å². The van der Waals surface area contributed by atoms with Crippen molar-refractivity contribution in [1.82, 2.24) is 0 Å². The summed E-state index contributed by atoms with van der Waals surface area (Å²) < 4.78 is 28.3. The Bertz CT molecular complexity index is 593. The molecule has 1 unspecified atom stereocenters. The summed E-state index contributed by atoms with van der Waals surface area (Å²) in [6.45, 7) is 1.47. The molecule has 0 N–H and O–H groups in total. The number of nitro benzene ring substituents is 1. The number of hydrogen-bond donors (Lipinski definition) is 0. The van der Waals surface area contributed by atoms with Gasteiger partial charge in [-0.3, -0.25) is 14.9 Å². The number of nitro groups is 1. The minimum Gasteiger partial charge on any atom is -0.469 e. The lowest BCUT2D eigenvalue weighted by Gasteiger charge is -2.09. The van der Waals surface area contributed by atoms with Gasteiger partial charge in [0, 0.05) is 12.1 Å².